The normalized spacial score (nSPS) is 14.1. The minimum atomic E-state index is -0.613. The maximum absolute atomic E-state index is 2.57. The van der Waals surface area contributed by atoms with Crippen molar-refractivity contribution in [2.24, 2.45) is 0 Å². The predicted octanol–water partition coefficient (Wildman–Crippen LogP) is 17.1. The average molecular weight is 906 g/mol. The zero-order valence-corrected chi connectivity index (χ0v) is 39.0. The van der Waals surface area contributed by atoms with Crippen LogP contribution in [-0.4, -0.2) is 4.57 Å². The number of nitrogens with zero attached hydrogens (tertiary/aromatic N) is 3. The molecule has 0 N–H and O–H groups in total. The van der Waals surface area contributed by atoms with E-state index in [-0.39, 0.29) is 0 Å². The summed E-state index contributed by atoms with van der Waals surface area (Å²) in [4.78, 5) is 5.10. The first kappa shape index (κ1) is 40.8. The molecular formula is C68H47N3. The third-order valence-corrected chi connectivity index (χ3v) is 15.3. The van der Waals surface area contributed by atoms with Crippen molar-refractivity contribution in [1.82, 2.24) is 4.57 Å². The highest BCUT2D eigenvalue weighted by molar-refractivity contribution is 6.17. The van der Waals surface area contributed by atoms with Gasteiger partial charge in [0.2, 0.25) is 0 Å². The van der Waals surface area contributed by atoms with Crippen LogP contribution in [0.3, 0.4) is 0 Å². The van der Waals surface area contributed by atoms with Gasteiger partial charge in [-0.15, -0.1) is 0 Å². The SMILES string of the molecule is c1ccc(-n2c3ccccc3c3cc(N4c5ccccc5C(c5ccccc5)(c5ccccc5)c5ccccc54)cc(N4c5ccccc5C(c5ccccc5)(c5ccccc5)c5ccccc54)c32)cc1. The lowest BCUT2D eigenvalue weighted by Crippen LogP contribution is -2.38. The molecule has 0 atom stereocenters. The van der Waals surface area contributed by atoms with Crippen molar-refractivity contribution in [3.63, 3.8) is 0 Å². The molecule has 12 aromatic rings. The lowest BCUT2D eigenvalue weighted by atomic mass is 9.62. The van der Waals surface area contributed by atoms with Crippen LogP contribution in [0, 0.1) is 0 Å². The van der Waals surface area contributed by atoms with E-state index in [1.165, 1.54) is 55.3 Å². The minimum Gasteiger partial charge on any atom is -0.310 e. The van der Waals surface area contributed by atoms with Crippen molar-refractivity contribution < 1.29 is 0 Å². The molecule has 2 aliphatic heterocycles. The molecule has 11 aromatic carbocycles. The van der Waals surface area contributed by atoms with Crippen LogP contribution in [0.4, 0.5) is 34.1 Å². The van der Waals surface area contributed by atoms with Gasteiger partial charge in [0.15, 0.2) is 0 Å². The standard InChI is InChI=1S/C68H47N3/c1-6-26-48(27-7-1)67(49-28-8-2-9-29-49)56-37-17-22-42-61(56)69(62-43-23-18-38-57(62)67)53-46-55-54-36-16-21-41-60(54)70(52-34-14-5-15-35-52)66(55)65(47-53)71-63-44-24-19-39-58(63)68(50-30-10-3-11-31-50,51-32-12-4-13-33-51)59-40-20-25-45-64(59)71/h1-47H. The summed E-state index contributed by atoms with van der Waals surface area (Å²) in [7, 11) is 0. The molecule has 0 unspecified atom stereocenters. The molecule has 14 rings (SSSR count). The molecule has 1 aromatic heterocycles. The highest BCUT2D eigenvalue weighted by atomic mass is 15.2. The second kappa shape index (κ2) is 16.2. The van der Waals surface area contributed by atoms with Gasteiger partial charge in [-0.05, 0) is 99.1 Å². The van der Waals surface area contributed by atoms with Gasteiger partial charge in [-0.3, -0.25) is 0 Å². The number of hydrogen-bond donors (Lipinski definition) is 0. The molecule has 3 heteroatoms. The maximum Gasteiger partial charge on any atom is 0.0784 e. The zero-order chi connectivity index (χ0) is 46.9. The summed E-state index contributed by atoms with van der Waals surface area (Å²) in [6.45, 7) is 0. The van der Waals surface area contributed by atoms with Gasteiger partial charge in [-0.25, -0.2) is 0 Å². The fourth-order valence-electron chi connectivity index (χ4n) is 12.6. The Morgan fingerprint density at radius 3 is 1.00 bits per heavy atom. The zero-order valence-electron chi connectivity index (χ0n) is 39.0. The first-order valence-electron chi connectivity index (χ1n) is 24.6. The van der Waals surface area contributed by atoms with Crippen molar-refractivity contribution in [2.45, 2.75) is 10.8 Å². The largest absolute Gasteiger partial charge is 0.310 e. The van der Waals surface area contributed by atoms with Gasteiger partial charge in [0.25, 0.3) is 0 Å². The van der Waals surface area contributed by atoms with Crippen LogP contribution in [0.2, 0.25) is 0 Å². The van der Waals surface area contributed by atoms with E-state index in [0.29, 0.717) is 0 Å². The van der Waals surface area contributed by atoms with Crippen molar-refractivity contribution >= 4 is 55.9 Å². The summed E-state index contributed by atoms with van der Waals surface area (Å²) >= 11 is 0. The van der Waals surface area contributed by atoms with Crippen LogP contribution in [0.15, 0.2) is 285 Å². The van der Waals surface area contributed by atoms with Crippen LogP contribution in [-0.2, 0) is 10.8 Å². The third-order valence-electron chi connectivity index (χ3n) is 15.3. The van der Waals surface area contributed by atoms with E-state index in [0.717, 1.165) is 50.8 Å². The summed E-state index contributed by atoms with van der Waals surface area (Å²) in [6, 6.07) is 105. The summed E-state index contributed by atoms with van der Waals surface area (Å²) in [6.07, 6.45) is 0. The molecule has 0 bridgehead atoms. The number of aromatic nitrogens is 1. The molecule has 0 radical (unpaired) electrons. The van der Waals surface area contributed by atoms with E-state index >= 15 is 0 Å². The smallest absolute Gasteiger partial charge is 0.0784 e. The summed E-state index contributed by atoms with van der Waals surface area (Å²) < 4.78 is 2.49. The molecule has 3 nitrogen and oxygen atoms in total. The monoisotopic (exact) mass is 905 g/mol. The Balaban J connectivity index is 1.12. The highest BCUT2D eigenvalue weighted by Gasteiger charge is 2.48. The number of rotatable bonds is 7. The van der Waals surface area contributed by atoms with Crippen LogP contribution in [0.1, 0.15) is 44.5 Å². The molecule has 0 fully saturated rings. The highest BCUT2D eigenvalue weighted by Crippen LogP contribution is 2.61. The molecule has 0 aliphatic carbocycles. The van der Waals surface area contributed by atoms with Gasteiger partial charge in [0.05, 0.1) is 50.3 Å². The molecule has 0 saturated heterocycles. The van der Waals surface area contributed by atoms with Gasteiger partial charge < -0.3 is 14.4 Å². The van der Waals surface area contributed by atoms with E-state index in [1.807, 2.05) is 0 Å². The summed E-state index contributed by atoms with van der Waals surface area (Å²) in [5, 5.41) is 2.37. The Hall–Kier alpha value is -9.18. The number of para-hydroxylation sites is 6. The molecule has 334 valence electrons. The Labute approximate surface area is 414 Å². The van der Waals surface area contributed by atoms with E-state index in [1.54, 1.807) is 0 Å². The van der Waals surface area contributed by atoms with Crippen LogP contribution in [0.5, 0.6) is 0 Å². The van der Waals surface area contributed by atoms with Crippen molar-refractivity contribution in [2.75, 3.05) is 9.80 Å². The molecule has 2 aliphatic rings. The topological polar surface area (TPSA) is 11.4 Å². The minimum absolute atomic E-state index is 0.592. The lowest BCUT2D eigenvalue weighted by molar-refractivity contribution is 0.730. The van der Waals surface area contributed by atoms with E-state index in [9.17, 15) is 0 Å². The van der Waals surface area contributed by atoms with E-state index < -0.39 is 10.8 Å². The number of hydrogen-bond acceptors (Lipinski definition) is 2. The fraction of sp³-hybridized carbons (Fsp3) is 0.0294. The Morgan fingerprint density at radius 1 is 0.239 bits per heavy atom. The Morgan fingerprint density at radius 2 is 0.577 bits per heavy atom. The number of fused-ring (bicyclic) bond motifs is 7. The third kappa shape index (κ3) is 5.84. The first-order valence-corrected chi connectivity index (χ1v) is 24.6. The van der Waals surface area contributed by atoms with Gasteiger partial charge in [-0.1, -0.05) is 231 Å². The second-order valence-corrected chi connectivity index (χ2v) is 18.8. The lowest BCUT2D eigenvalue weighted by Gasteiger charge is -2.47. The fourth-order valence-corrected chi connectivity index (χ4v) is 12.6. The first-order chi connectivity index (χ1) is 35.3. The quantitative estimate of drug-likeness (QED) is 0.158. The molecule has 71 heavy (non-hydrogen) atoms. The Bertz CT molecular complexity index is 3760. The second-order valence-electron chi connectivity index (χ2n) is 18.8. The molecule has 0 spiro atoms. The summed E-state index contributed by atoms with van der Waals surface area (Å²) in [5.41, 5.74) is 18.7. The molecular weight excluding hydrogens is 859 g/mol. The van der Waals surface area contributed by atoms with Gasteiger partial charge in [0, 0.05) is 22.1 Å². The molecule has 0 saturated carbocycles. The van der Waals surface area contributed by atoms with E-state index in [2.05, 4.69) is 299 Å². The maximum atomic E-state index is 2.57. The Kier molecular flexibility index (Phi) is 9.33. The van der Waals surface area contributed by atoms with Crippen molar-refractivity contribution in [3.8, 4) is 5.69 Å². The van der Waals surface area contributed by atoms with Crippen LogP contribution >= 0.6 is 0 Å². The van der Waals surface area contributed by atoms with Crippen molar-refractivity contribution in [3.05, 3.63) is 330 Å². The van der Waals surface area contributed by atoms with Gasteiger partial charge in [-0.2, -0.15) is 0 Å². The van der Waals surface area contributed by atoms with Gasteiger partial charge in [0.1, 0.15) is 0 Å². The molecule has 0 amide bonds. The van der Waals surface area contributed by atoms with Gasteiger partial charge >= 0.3 is 0 Å². The van der Waals surface area contributed by atoms with E-state index in [4.69, 9.17) is 0 Å². The van der Waals surface area contributed by atoms with Crippen LogP contribution < -0.4 is 9.80 Å². The molecule has 3 heterocycles. The average Bonchev–Trinajstić information content (AvgIpc) is 3.79. The van der Waals surface area contributed by atoms with Crippen molar-refractivity contribution in [1.29, 1.82) is 0 Å². The number of anilines is 6. The summed E-state index contributed by atoms with van der Waals surface area (Å²) in [5.74, 6) is 0. The predicted molar refractivity (Wildman–Crippen MR) is 294 cm³/mol. The number of benzene rings is 11. The van der Waals surface area contributed by atoms with Crippen LogP contribution in [0.25, 0.3) is 27.5 Å².